The maximum atomic E-state index is 12.5. The van der Waals surface area contributed by atoms with Crippen molar-refractivity contribution < 1.29 is 9.53 Å². The first-order valence-electron chi connectivity index (χ1n) is 10.1. The molecule has 1 aliphatic rings. The van der Waals surface area contributed by atoms with Gasteiger partial charge >= 0.3 is 0 Å². The second-order valence-electron chi connectivity index (χ2n) is 7.39. The van der Waals surface area contributed by atoms with E-state index < -0.39 is 0 Å². The highest BCUT2D eigenvalue weighted by Gasteiger charge is 2.26. The van der Waals surface area contributed by atoms with Gasteiger partial charge in [-0.05, 0) is 18.1 Å². The van der Waals surface area contributed by atoms with E-state index in [0.29, 0.717) is 5.56 Å². The number of aromatic nitrogens is 1. The molecule has 2 N–H and O–H groups in total. The highest BCUT2D eigenvalue weighted by molar-refractivity contribution is 6.05. The molecule has 0 spiro atoms. The third-order valence-electron chi connectivity index (χ3n) is 5.62. The number of ether oxygens (including phenoxy) is 1. The van der Waals surface area contributed by atoms with Crippen LogP contribution >= 0.6 is 0 Å². The molecule has 1 aliphatic heterocycles. The van der Waals surface area contributed by atoms with E-state index in [1.165, 1.54) is 0 Å². The molecule has 4 rings (SSSR count). The summed E-state index contributed by atoms with van der Waals surface area (Å²) >= 11 is 0. The molecule has 3 aromatic rings. The van der Waals surface area contributed by atoms with E-state index in [2.05, 4.69) is 21.6 Å². The van der Waals surface area contributed by atoms with Crippen molar-refractivity contribution in [2.75, 3.05) is 32.8 Å². The van der Waals surface area contributed by atoms with Gasteiger partial charge in [-0.15, -0.1) is 0 Å². The fraction of sp³-hybridized carbons (Fsp3) is 0.292. The van der Waals surface area contributed by atoms with Crippen molar-refractivity contribution in [3.05, 3.63) is 71.9 Å². The molecule has 0 atom stereocenters. The minimum Gasteiger partial charge on any atom is -0.379 e. The van der Waals surface area contributed by atoms with E-state index in [0.717, 1.165) is 67.5 Å². The highest BCUT2D eigenvalue weighted by atomic mass is 16.5. The lowest BCUT2D eigenvalue weighted by molar-refractivity contribution is 0.0364. The van der Waals surface area contributed by atoms with Crippen LogP contribution in [0.1, 0.15) is 16.1 Å². The molecule has 0 radical (unpaired) electrons. The Bertz CT molecular complexity index is 974. The molecule has 2 heterocycles. The predicted molar refractivity (Wildman–Crippen MR) is 116 cm³/mol. The van der Waals surface area contributed by atoms with Crippen LogP contribution in [0, 0.1) is 6.92 Å². The van der Waals surface area contributed by atoms with E-state index in [9.17, 15) is 4.79 Å². The molecule has 0 unspecified atom stereocenters. The van der Waals surface area contributed by atoms with Gasteiger partial charge in [-0.1, -0.05) is 60.7 Å². The first kappa shape index (κ1) is 19.4. The van der Waals surface area contributed by atoms with Crippen molar-refractivity contribution in [3.8, 4) is 22.4 Å². The molecule has 5 nitrogen and oxygen atoms in total. The summed E-state index contributed by atoms with van der Waals surface area (Å²) < 4.78 is 7.73. The van der Waals surface area contributed by atoms with Gasteiger partial charge in [0.15, 0.2) is 0 Å². The van der Waals surface area contributed by atoms with E-state index in [4.69, 9.17) is 10.5 Å². The van der Waals surface area contributed by atoms with Gasteiger partial charge < -0.3 is 15.0 Å². The van der Waals surface area contributed by atoms with Crippen LogP contribution < -0.4 is 5.73 Å². The summed E-state index contributed by atoms with van der Waals surface area (Å²) in [7, 11) is 0. The van der Waals surface area contributed by atoms with Gasteiger partial charge in [0.05, 0.1) is 24.5 Å². The Labute approximate surface area is 171 Å². The first-order chi connectivity index (χ1) is 14.2. The Balaban J connectivity index is 1.86. The fourth-order valence-corrected chi connectivity index (χ4v) is 4.17. The summed E-state index contributed by atoms with van der Waals surface area (Å²) in [5.74, 6) is -0.386. The number of hydrogen-bond acceptors (Lipinski definition) is 3. The number of morpholine rings is 1. The standard InChI is InChI=1S/C24H27N3O2/c1-18-21(24(25)28)22(19-8-4-2-5-9-19)23(20-10-6-3-7-11-20)27(18)13-12-26-14-16-29-17-15-26/h2-11H,12-17H2,1H3,(H2,25,28). The third kappa shape index (κ3) is 3.97. The minimum atomic E-state index is -0.386. The van der Waals surface area contributed by atoms with Crippen molar-refractivity contribution >= 4 is 5.91 Å². The van der Waals surface area contributed by atoms with Crippen molar-refractivity contribution in [1.82, 2.24) is 9.47 Å². The second kappa shape index (κ2) is 8.64. The molecule has 1 fully saturated rings. The topological polar surface area (TPSA) is 60.5 Å². The first-order valence-corrected chi connectivity index (χ1v) is 10.1. The van der Waals surface area contributed by atoms with Crippen LogP contribution in [0.3, 0.4) is 0 Å². The van der Waals surface area contributed by atoms with E-state index in [-0.39, 0.29) is 5.91 Å². The Morgan fingerprint density at radius 2 is 1.52 bits per heavy atom. The molecule has 5 heteroatoms. The van der Waals surface area contributed by atoms with Crippen molar-refractivity contribution in [3.63, 3.8) is 0 Å². The molecular formula is C24H27N3O2. The summed E-state index contributed by atoms with van der Waals surface area (Å²) in [5, 5.41) is 0. The van der Waals surface area contributed by atoms with Crippen LogP contribution in [0.4, 0.5) is 0 Å². The zero-order chi connectivity index (χ0) is 20.2. The molecule has 1 saturated heterocycles. The monoisotopic (exact) mass is 389 g/mol. The van der Waals surface area contributed by atoms with E-state index in [1.807, 2.05) is 55.5 Å². The van der Waals surface area contributed by atoms with Gasteiger partial charge in [-0.2, -0.15) is 0 Å². The van der Waals surface area contributed by atoms with Crippen LogP contribution in [0.2, 0.25) is 0 Å². The number of nitrogens with zero attached hydrogens (tertiary/aromatic N) is 2. The second-order valence-corrected chi connectivity index (χ2v) is 7.39. The van der Waals surface area contributed by atoms with Crippen LogP contribution in [-0.4, -0.2) is 48.2 Å². The highest BCUT2D eigenvalue weighted by Crippen LogP contribution is 2.39. The summed E-state index contributed by atoms with van der Waals surface area (Å²) in [6.07, 6.45) is 0. The lowest BCUT2D eigenvalue weighted by Crippen LogP contribution is -2.38. The van der Waals surface area contributed by atoms with Gasteiger partial charge in [0.25, 0.3) is 5.91 Å². The third-order valence-corrected chi connectivity index (χ3v) is 5.62. The average Bonchev–Trinajstić information content (AvgIpc) is 3.06. The van der Waals surface area contributed by atoms with Gasteiger partial charge in [0.2, 0.25) is 0 Å². The molecule has 150 valence electrons. The Kier molecular flexibility index (Phi) is 5.79. The predicted octanol–water partition coefficient (Wildman–Crippen LogP) is 3.56. The molecule has 0 bridgehead atoms. The number of carbonyl (C=O) groups excluding carboxylic acids is 1. The van der Waals surface area contributed by atoms with Crippen molar-refractivity contribution in [1.29, 1.82) is 0 Å². The summed E-state index contributed by atoms with van der Waals surface area (Å²) in [6.45, 7) is 7.13. The quantitative estimate of drug-likeness (QED) is 0.701. The number of rotatable bonds is 6. The van der Waals surface area contributed by atoms with Crippen LogP contribution in [0.25, 0.3) is 22.4 Å². The molecule has 29 heavy (non-hydrogen) atoms. The molecule has 0 saturated carbocycles. The zero-order valence-electron chi connectivity index (χ0n) is 16.8. The Morgan fingerprint density at radius 3 is 2.10 bits per heavy atom. The van der Waals surface area contributed by atoms with E-state index in [1.54, 1.807) is 0 Å². The van der Waals surface area contributed by atoms with Gasteiger partial charge in [-0.25, -0.2) is 0 Å². The number of amides is 1. The van der Waals surface area contributed by atoms with Crippen LogP contribution in [-0.2, 0) is 11.3 Å². The Morgan fingerprint density at radius 1 is 0.931 bits per heavy atom. The molecular weight excluding hydrogens is 362 g/mol. The summed E-state index contributed by atoms with van der Waals surface area (Å²) in [6, 6.07) is 20.3. The SMILES string of the molecule is Cc1c(C(N)=O)c(-c2ccccc2)c(-c2ccccc2)n1CCN1CCOCC1. The van der Waals surface area contributed by atoms with Gasteiger partial charge in [0.1, 0.15) is 0 Å². The largest absolute Gasteiger partial charge is 0.379 e. The van der Waals surface area contributed by atoms with Crippen LogP contribution in [0.15, 0.2) is 60.7 Å². The van der Waals surface area contributed by atoms with Crippen molar-refractivity contribution in [2.24, 2.45) is 5.73 Å². The van der Waals surface area contributed by atoms with Gasteiger partial charge in [-0.3, -0.25) is 9.69 Å². The average molecular weight is 389 g/mol. The lowest BCUT2D eigenvalue weighted by atomic mass is 9.96. The molecule has 1 aromatic heterocycles. The lowest BCUT2D eigenvalue weighted by Gasteiger charge is -2.27. The van der Waals surface area contributed by atoms with Gasteiger partial charge in [0, 0.05) is 37.4 Å². The molecule has 0 aliphatic carbocycles. The molecule has 1 amide bonds. The van der Waals surface area contributed by atoms with Crippen molar-refractivity contribution in [2.45, 2.75) is 13.5 Å². The number of primary amides is 1. The zero-order valence-corrected chi connectivity index (χ0v) is 16.8. The number of benzene rings is 2. The smallest absolute Gasteiger partial charge is 0.251 e. The maximum absolute atomic E-state index is 12.5. The maximum Gasteiger partial charge on any atom is 0.251 e. The number of nitrogens with two attached hydrogens (primary N) is 1. The number of hydrogen-bond donors (Lipinski definition) is 1. The molecule has 2 aromatic carbocycles. The fourth-order valence-electron chi connectivity index (χ4n) is 4.17. The summed E-state index contributed by atoms with van der Waals surface area (Å²) in [4.78, 5) is 14.9. The Hall–Kier alpha value is -2.89. The van der Waals surface area contributed by atoms with Crippen LogP contribution in [0.5, 0.6) is 0 Å². The number of carbonyl (C=O) groups is 1. The van der Waals surface area contributed by atoms with E-state index >= 15 is 0 Å². The summed E-state index contributed by atoms with van der Waals surface area (Å²) in [5.41, 5.74) is 11.5. The normalized spacial score (nSPS) is 14.8. The minimum absolute atomic E-state index is 0.386.